The Morgan fingerprint density at radius 2 is 2.38 bits per heavy atom. The normalized spacial score (nSPS) is 12.9. The number of nitrogens with two attached hydrogens (primary N) is 1. The summed E-state index contributed by atoms with van der Waals surface area (Å²) in [5, 5.41) is 16.5. The van der Waals surface area contributed by atoms with Gasteiger partial charge >= 0.3 is 5.97 Å². The summed E-state index contributed by atoms with van der Waals surface area (Å²) in [7, 11) is 0. The third-order valence-corrected chi connectivity index (χ3v) is 2.64. The van der Waals surface area contributed by atoms with E-state index in [2.05, 4.69) is 10.2 Å². The minimum absolute atomic E-state index is 0.107. The molecule has 5 nitrogen and oxygen atoms in total. The molecular weight excluding hydrogens is 230 g/mol. The van der Waals surface area contributed by atoms with Crippen molar-refractivity contribution in [3.63, 3.8) is 0 Å². The molecule has 0 aliphatic carbocycles. The number of benzene rings is 1. The van der Waals surface area contributed by atoms with Crippen LogP contribution in [0.15, 0.2) is 18.2 Å². The van der Waals surface area contributed by atoms with E-state index < -0.39 is 12.0 Å². The van der Waals surface area contributed by atoms with E-state index >= 15 is 0 Å². The number of nitrogens with zero attached hydrogens (tertiary/aromatic N) is 1. The molecule has 6 heteroatoms. The molecule has 0 radical (unpaired) electrons. The summed E-state index contributed by atoms with van der Waals surface area (Å²) in [4.78, 5) is 10.5. The largest absolute Gasteiger partial charge is 0.481 e. The van der Waals surface area contributed by atoms with Gasteiger partial charge in [0.25, 0.3) is 0 Å². The van der Waals surface area contributed by atoms with Crippen molar-refractivity contribution >= 4 is 28.5 Å². The molecule has 0 aliphatic rings. The Labute approximate surface area is 96.2 Å². The highest BCUT2D eigenvalue weighted by atomic mass is 35.5. The molecule has 2 rings (SSSR count). The van der Waals surface area contributed by atoms with Gasteiger partial charge in [-0.05, 0) is 17.7 Å². The summed E-state index contributed by atoms with van der Waals surface area (Å²) in [6.45, 7) is 0. The van der Waals surface area contributed by atoms with Crippen LogP contribution in [0.2, 0.25) is 5.15 Å². The van der Waals surface area contributed by atoms with Gasteiger partial charge in [-0.15, -0.1) is 0 Å². The Hall–Kier alpha value is -1.59. The maximum Gasteiger partial charge on any atom is 0.305 e. The Morgan fingerprint density at radius 1 is 1.62 bits per heavy atom. The molecule has 0 saturated carbocycles. The van der Waals surface area contributed by atoms with Crippen LogP contribution in [0.5, 0.6) is 0 Å². The van der Waals surface area contributed by atoms with Crippen molar-refractivity contribution in [2.24, 2.45) is 5.73 Å². The van der Waals surface area contributed by atoms with Crippen LogP contribution in [0, 0.1) is 0 Å². The van der Waals surface area contributed by atoms with E-state index in [-0.39, 0.29) is 6.42 Å². The second-order valence-electron chi connectivity index (χ2n) is 3.52. The number of hydrogen-bond acceptors (Lipinski definition) is 3. The van der Waals surface area contributed by atoms with Crippen molar-refractivity contribution in [1.82, 2.24) is 10.2 Å². The topological polar surface area (TPSA) is 92.0 Å². The molecule has 1 heterocycles. The summed E-state index contributed by atoms with van der Waals surface area (Å²) in [5.74, 6) is -0.923. The van der Waals surface area contributed by atoms with Gasteiger partial charge < -0.3 is 10.8 Å². The average Bonchev–Trinajstić information content (AvgIpc) is 2.59. The van der Waals surface area contributed by atoms with Crippen molar-refractivity contribution in [2.75, 3.05) is 0 Å². The van der Waals surface area contributed by atoms with Gasteiger partial charge in [-0.1, -0.05) is 17.7 Å². The summed E-state index contributed by atoms with van der Waals surface area (Å²) in [5.41, 5.74) is 7.16. The summed E-state index contributed by atoms with van der Waals surface area (Å²) >= 11 is 5.85. The second-order valence-corrected chi connectivity index (χ2v) is 3.90. The molecule has 1 aromatic heterocycles. The van der Waals surface area contributed by atoms with E-state index in [9.17, 15) is 4.79 Å². The maximum atomic E-state index is 10.5. The molecule has 1 atom stereocenters. The fourth-order valence-electron chi connectivity index (χ4n) is 1.53. The van der Waals surface area contributed by atoms with Gasteiger partial charge in [-0.2, -0.15) is 5.10 Å². The predicted molar refractivity (Wildman–Crippen MR) is 60.3 cm³/mol. The monoisotopic (exact) mass is 239 g/mol. The second kappa shape index (κ2) is 4.11. The van der Waals surface area contributed by atoms with E-state index in [4.69, 9.17) is 22.4 Å². The predicted octanol–water partition coefficient (Wildman–Crippen LogP) is 1.69. The van der Waals surface area contributed by atoms with E-state index in [0.717, 1.165) is 10.9 Å². The fraction of sp³-hybridized carbons (Fsp3) is 0.200. The molecule has 0 spiro atoms. The Morgan fingerprint density at radius 3 is 3.06 bits per heavy atom. The lowest BCUT2D eigenvalue weighted by Gasteiger charge is -2.08. The third-order valence-electron chi connectivity index (χ3n) is 2.36. The van der Waals surface area contributed by atoms with E-state index in [1.165, 1.54) is 0 Å². The SMILES string of the molecule is NC(CC(=O)O)c1ccc2c(Cl)[nH]nc2c1. The van der Waals surface area contributed by atoms with Crippen molar-refractivity contribution in [3.05, 3.63) is 28.9 Å². The molecule has 0 aliphatic heterocycles. The minimum Gasteiger partial charge on any atom is -0.481 e. The number of H-pyrrole nitrogens is 1. The van der Waals surface area contributed by atoms with Crippen LogP contribution in [-0.4, -0.2) is 21.3 Å². The summed E-state index contributed by atoms with van der Waals surface area (Å²) < 4.78 is 0. The molecule has 0 saturated heterocycles. The molecule has 0 fully saturated rings. The molecule has 4 N–H and O–H groups in total. The molecule has 2 aromatic rings. The Kier molecular flexibility index (Phi) is 2.80. The zero-order valence-electron chi connectivity index (χ0n) is 8.27. The van der Waals surface area contributed by atoms with Crippen LogP contribution < -0.4 is 5.73 Å². The molecular formula is C10H10ClN3O2. The zero-order valence-corrected chi connectivity index (χ0v) is 9.03. The van der Waals surface area contributed by atoms with E-state index in [0.29, 0.717) is 10.7 Å². The Balaban J connectivity index is 2.35. The zero-order chi connectivity index (χ0) is 11.7. The van der Waals surface area contributed by atoms with Crippen LogP contribution in [0.4, 0.5) is 0 Å². The number of carboxylic acid groups (broad SMARTS) is 1. The average molecular weight is 240 g/mol. The van der Waals surface area contributed by atoms with Crippen LogP contribution in [-0.2, 0) is 4.79 Å². The first-order valence-corrected chi connectivity index (χ1v) is 5.06. The van der Waals surface area contributed by atoms with E-state index in [1.54, 1.807) is 18.2 Å². The fourth-order valence-corrected chi connectivity index (χ4v) is 1.73. The maximum absolute atomic E-state index is 10.5. The first kappa shape index (κ1) is 10.9. The number of hydrogen-bond donors (Lipinski definition) is 3. The number of aliphatic carboxylic acids is 1. The van der Waals surface area contributed by atoms with Crippen LogP contribution in [0.3, 0.4) is 0 Å². The van der Waals surface area contributed by atoms with Gasteiger partial charge in [0.2, 0.25) is 0 Å². The van der Waals surface area contributed by atoms with E-state index in [1.807, 2.05) is 0 Å². The third kappa shape index (κ3) is 2.00. The number of halogens is 1. The van der Waals surface area contributed by atoms with Gasteiger partial charge in [0.15, 0.2) is 0 Å². The van der Waals surface area contributed by atoms with Gasteiger partial charge in [-0.25, -0.2) is 0 Å². The minimum atomic E-state index is -0.923. The highest BCUT2D eigenvalue weighted by Gasteiger charge is 2.12. The molecule has 1 unspecified atom stereocenters. The molecule has 1 aromatic carbocycles. The lowest BCUT2D eigenvalue weighted by molar-refractivity contribution is -0.137. The molecule has 0 bridgehead atoms. The summed E-state index contributed by atoms with van der Waals surface area (Å²) in [6.07, 6.45) is -0.107. The first-order valence-electron chi connectivity index (χ1n) is 4.69. The number of carbonyl (C=O) groups is 1. The molecule has 84 valence electrons. The van der Waals surface area contributed by atoms with Crippen molar-refractivity contribution < 1.29 is 9.90 Å². The standard InChI is InChI=1S/C10H10ClN3O2/c11-10-6-2-1-5(3-8(6)13-14-10)7(12)4-9(15)16/h1-3,7H,4,12H2,(H,13,14)(H,15,16). The van der Waals surface area contributed by atoms with Crippen molar-refractivity contribution in [3.8, 4) is 0 Å². The van der Waals surface area contributed by atoms with Crippen LogP contribution in [0.25, 0.3) is 10.9 Å². The van der Waals surface area contributed by atoms with Crippen LogP contribution >= 0.6 is 11.6 Å². The highest BCUT2D eigenvalue weighted by Crippen LogP contribution is 2.24. The number of nitrogens with one attached hydrogen (secondary N) is 1. The van der Waals surface area contributed by atoms with Gasteiger partial charge in [0.05, 0.1) is 11.9 Å². The quantitative estimate of drug-likeness (QED) is 0.760. The number of aromatic amines is 1. The Bertz CT molecular complexity index is 538. The number of rotatable bonds is 3. The highest BCUT2D eigenvalue weighted by molar-refractivity contribution is 6.34. The summed E-state index contributed by atoms with van der Waals surface area (Å²) in [6, 6.07) is 4.75. The lowest BCUT2D eigenvalue weighted by atomic mass is 10.0. The first-order chi connectivity index (χ1) is 7.58. The van der Waals surface area contributed by atoms with Crippen molar-refractivity contribution in [2.45, 2.75) is 12.5 Å². The van der Waals surface area contributed by atoms with Crippen molar-refractivity contribution in [1.29, 1.82) is 0 Å². The molecule has 16 heavy (non-hydrogen) atoms. The molecule has 0 amide bonds. The van der Waals surface area contributed by atoms with Gasteiger partial charge in [0.1, 0.15) is 5.15 Å². The number of carboxylic acids is 1. The van der Waals surface area contributed by atoms with Crippen LogP contribution in [0.1, 0.15) is 18.0 Å². The van der Waals surface area contributed by atoms with Gasteiger partial charge in [-0.3, -0.25) is 9.89 Å². The lowest BCUT2D eigenvalue weighted by Crippen LogP contribution is -2.14. The number of fused-ring (bicyclic) bond motifs is 1. The van der Waals surface area contributed by atoms with Gasteiger partial charge in [0, 0.05) is 11.4 Å². The smallest absolute Gasteiger partial charge is 0.305 e. The number of aromatic nitrogens is 2.